The molecular weight excluding hydrogens is 378 g/mol. The van der Waals surface area contributed by atoms with E-state index in [9.17, 15) is 4.79 Å². The maximum atomic E-state index is 13.2. The highest BCUT2D eigenvalue weighted by atomic mass is 79.9. The van der Waals surface area contributed by atoms with Crippen LogP contribution in [0, 0.1) is 0 Å². The molecule has 1 aromatic heterocycles. The summed E-state index contributed by atoms with van der Waals surface area (Å²) >= 11 is 3.62. The Kier molecular flexibility index (Phi) is 4.67. The van der Waals surface area contributed by atoms with Gasteiger partial charge in [0.2, 0.25) is 0 Å². The number of hydrogen-bond donors (Lipinski definition) is 1. The van der Waals surface area contributed by atoms with Gasteiger partial charge in [0, 0.05) is 24.4 Å². The highest BCUT2D eigenvalue weighted by Gasteiger charge is 2.38. The smallest absolute Gasteiger partial charge is 0.275 e. The van der Waals surface area contributed by atoms with Gasteiger partial charge in [0.15, 0.2) is 5.69 Å². The zero-order valence-corrected chi connectivity index (χ0v) is 16.1. The predicted molar refractivity (Wildman–Crippen MR) is 102 cm³/mol. The number of hydrogen-bond acceptors (Lipinski definition) is 2. The summed E-state index contributed by atoms with van der Waals surface area (Å²) in [5.74, 6) is 0.991. The van der Waals surface area contributed by atoms with E-state index in [0.717, 1.165) is 36.0 Å². The highest BCUT2D eigenvalue weighted by Crippen LogP contribution is 2.43. The van der Waals surface area contributed by atoms with Gasteiger partial charge in [-0.25, -0.2) is 0 Å². The summed E-state index contributed by atoms with van der Waals surface area (Å²) in [4.78, 5) is 15.3. The van der Waals surface area contributed by atoms with Gasteiger partial charge in [0.1, 0.15) is 0 Å². The maximum absolute atomic E-state index is 13.2. The Bertz CT molecular complexity index is 754. The molecule has 0 spiro atoms. The van der Waals surface area contributed by atoms with Gasteiger partial charge in [0.25, 0.3) is 5.91 Å². The number of aromatic nitrogens is 2. The van der Waals surface area contributed by atoms with Gasteiger partial charge in [-0.15, -0.1) is 0 Å². The van der Waals surface area contributed by atoms with Crippen LogP contribution in [0.5, 0.6) is 0 Å². The number of benzene rings is 1. The van der Waals surface area contributed by atoms with Crippen LogP contribution in [0.3, 0.4) is 0 Å². The molecule has 5 heteroatoms. The van der Waals surface area contributed by atoms with Crippen LogP contribution in [0.4, 0.5) is 0 Å². The molecule has 1 aliphatic carbocycles. The molecule has 25 heavy (non-hydrogen) atoms. The molecule has 2 atom stereocenters. The first-order valence-electron chi connectivity index (χ1n) is 9.30. The number of nitrogens with one attached hydrogen (secondary N) is 1. The molecule has 0 bridgehead atoms. The summed E-state index contributed by atoms with van der Waals surface area (Å²) < 4.78 is 0.874. The van der Waals surface area contributed by atoms with Gasteiger partial charge in [-0.05, 0) is 53.6 Å². The Morgan fingerprint density at radius 1 is 1.32 bits per heavy atom. The van der Waals surface area contributed by atoms with Crippen LogP contribution in [0.15, 0.2) is 34.8 Å². The van der Waals surface area contributed by atoms with Crippen LogP contribution >= 0.6 is 15.9 Å². The number of carbonyl (C=O) groups excluding carboxylic acids is 1. The lowest BCUT2D eigenvalue weighted by Crippen LogP contribution is -2.39. The van der Waals surface area contributed by atoms with Crippen molar-refractivity contribution in [1.29, 1.82) is 0 Å². The largest absolute Gasteiger partial charge is 0.334 e. The average Bonchev–Trinajstić information content (AvgIpc) is 3.23. The molecule has 1 amide bonds. The number of nitrogens with zero attached hydrogens (tertiary/aromatic N) is 2. The Morgan fingerprint density at radius 2 is 2.08 bits per heavy atom. The van der Waals surface area contributed by atoms with Crippen molar-refractivity contribution in [2.75, 3.05) is 6.54 Å². The normalized spacial score (nSPS) is 21.5. The van der Waals surface area contributed by atoms with Crippen molar-refractivity contribution in [1.82, 2.24) is 15.1 Å². The minimum absolute atomic E-state index is 0.0620. The second kappa shape index (κ2) is 6.94. The maximum Gasteiger partial charge on any atom is 0.275 e. The molecule has 0 radical (unpaired) electrons. The number of H-pyrrole nitrogens is 1. The molecule has 2 heterocycles. The molecule has 1 aromatic carbocycles. The average molecular weight is 402 g/mol. The number of aromatic amines is 1. The van der Waals surface area contributed by atoms with Gasteiger partial charge in [-0.2, -0.15) is 5.10 Å². The molecule has 0 unspecified atom stereocenters. The van der Waals surface area contributed by atoms with E-state index in [-0.39, 0.29) is 11.9 Å². The molecule has 4 nitrogen and oxygen atoms in total. The third kappa shape index (κ3) is 3.14. The number of halogens is 1. The standard InChI is InChI=1S/C20H24BrN3O/c1-2-15(13-7-4-3-5-8-13)16-9-6-12-24(16)20(25)19-17(21)18(22-23-19)14-10-11-14/h3-5,7-8,14-16H,2,6,9-12H2,1H3,(H,22,23)/t15-,16+/m0/s1. The Balaban J connectivity index is 1.59. The fourth-order valence-electron chi connectivity index (χ4n) is 4.16. The van der Waals surface area contributed by atoms with E-state index in [1.165, 1.54) is 18.4 Å². The van der Waals surface area contributed by atoms with Crippen LogP contribution in [-0.2, 0) is 0 Å². The van der Waals surface area contributed by atoms with Crippen molar-refractivity contribution in [3.63, 3.8) is 0 Å². The highest BCUT2D eigenvalue weighted by molar-refractivity contribution is 9.10. The molecule has 1 N–H and O–H groups in total. The third-order valence-corrected chi connectivity index (χ3v) is 6.42. The Hall–Kier alpha value is -1.62. The Labute approximate surface area is 157 Å². The molecule has 4 rings (SSSR count). The van der Waals surface area contributed by atoms with E-state index in [4.69, 9.17) is 0 Å². The zero-order chi connectivity index (χ0) is 17.4. The summed E-state index contributed by atoms with van der Waals surface area (Å²) in [5, 5.41) is 7.44. The van der Waals surface area contributed by atoms with Crippen LogP contribution in [0.25, 0.3) is 0 Å². The lowest BCUT2D eigenvalue weighted by molar-refractivity contribution is 0.0707. The summed E-state index contributed by atoms with van der Waals surface area (Å²) in [7, 11) is 0. The van der Waals surface area contributed by atoms with E-state index in [2.05, 4.69) is 62.2 Å². The molecule has 1 saturated carbocycles. The monoisotopic (exact) mass is 401 g/mol. The van der Waals surface area contributed by atoms with E-state index < -0.39 is 0 Å². The second-order valence-corrected chi connectivity index (χ2v) is 8.00. The van der Waals surface area contributed by atoms with Crippen LogP contribution in [-0.4, -0.2) is 33.6 Å². The van der Waals surface area contributed by atoms with Crippen molar-refractivity contribution in [3.05, 3.63) is 51.8 Å². The van der Waals surface area contributed by atoms with Gasteiger partial charge in [-0.1, -0.05) is 37.3 Å². The molecule has 2 aromatic rings. The molecule has 2 fully saturated rings. The summed E-state index contributed by atoms with van der Waals surface area (Å²) in [6, 6.07) is 10.9. The number of rotatable bonds is 5. The lowest BCUT2D eigenvalue weighted by atomic mass is 9.87. The van der Waals surface area contributed by atoms with E-state index >= 15 is 0 Å². The predicted octanol–water partition coefficient (Wildman–Crippen LogP) is 4.85. The number of carbonyl (C=O) groups is 1. The number of likely N-dealkylation sites (tertiary alicyclic amines) is 1. The van der Waals surface area contributed by atoms with Crippen molar-refractivity contribution in [3.8, 4) is 0 Å². The fourth-order valence-corrected chi connectivity index (χ4v) is 4.83. The van der Waals surface area contributed by atoms with Crippen molar-refractivity contribution in [2.24, 2.45) is 0 Å². The SMILES string of the molecule is CC[C@@H](c1ccccc1)[C@H]1CCCN1C(=O)c1n[nH]c(C2CC2)c1Br. The first-order valence-corrected chi connectivity index (χ1v) is 10.1. The summed E-state index contributed by atoms with van der Waals surface area (Å²) in [6.45, 7) is 3.04. The van der Waals surface area contributed by atoms with E-state index in [1.54, 1.807) is 0 Å². The zero-order valence-electron chi connectivity index (χ0n) is 14.5. The first kappa shape index (κ1) is 16.8. The fraction of sp³-hybridized carbons (Fsp3) is 0.500. The van der Waals surface area contributed by atoms with Gasteiger partial charge in [0.05, 0.1) is 10.2 Å². The number of amides is 1. The topological polar surface area (TPSA) is 49.0 Å². The van der Waals surface area contributed by atoms with Crippen molar-refractivity contribution < 1.29 is 4.79 Å². The summed E-state index contributed by atoms with van der Waals surface area (Å²) in [5.41, 5.74) is 2.97. The van der Waals surface area contributed by atoms with Crippen LogP contribution in [0.1, 0.15) is 72.6 Å². The van der Waals surface area contributed by atoms with Crippen molar-refractivity contribution >= 4 is 21.8 Å². The van der Waals surface area contributed by atoms with E-state index in [0.29, 0.717) is 17.5 Å². The quantitative estimate of drug-likeness (QED) is 0.778. The van der Waals surface area contributed by atoms with Gasteiger partial charge < -0.3 is 4.90 Å². The molecule has 2 aliphatic rings. The molecule has 1 aliphatic heterocycles. The Morgan fingerprint density at radius 3 is 2.76 bits per heavy atom. The van der Waals surface area contributed by atoms with Crippen molar-refractivity contribution in [2.45, 2.75) is 56.9 Å². The van der Waals surface area contributed by atoms with E-state index in [1.807, 2.05) is 6.07 Å². The lowest BCUT2D eigenvalue weighted by Gasteiger charge is -2.31. The third-order valence-electron chi connectivity index (χ3n) is 5.61. The summed E-state index contributed by atoms with van der Waals surface area (Å²) in [6.07, 6.45) is 5.54. The molecular formula is C20H24BrN3O. The molecule has 132 valence electrons. The molecule has 1 saturated heterocycles. The minimum atomic E-state index is 0.0620. The second-order valence-electron chi connectivity index (χ2n) is 7.21. The van der Waals surface area contributed by atoms with Gasteiger partial charge >= 0.3 is 0 Å². The van der Waals surface area contributed by atoms with Crippen LogP contribution in [0.2, 0.25) is 0 Å². The first-order chi connectivity index (χ1) is 12.2. The van der Waals surface area contributed by atoms with Gasteiger partial charge in [-0.3, -0.25) is 9.89 Å². The minimum Gasteiger partial charge on any atom is -0.334 e. The van der Waals surface area contributed by atoms with Crippen LogP contribution < -0.4 is 0 Å².